The van der Waals surface area contributed by atoms with Crippen LogP contribution in [0.2, 0.25) is 5.02 Å². The molecule has 0 aliphatic rings. The summed E-state index contributed by atoms with van der Waals surface area (Å²) in [6.45, 7) is 2.00. The average Bonchev–Trinajstić information content (AvgIpc) is 2.31. The van der Waals surface area contributed by atoms with E-state index in [9.17, 15) is 9.90 Å². The molecule has 0 aromatic heterocycles. The lowest BCUT2D eigenvalue weighted by Crippen LogP contribution is -2.14. The third-order valence-corrected chi connectivity index (χ3v) is 3.03. The normalized spacial score (nSPS) is 13.3. The van der Waals surface area contributed by atoms with Gasteiger partial charge in [0, 0.05) is 5.02 Å². The van der Waals surface area contributed by atoms with Crippen molar-refractivity contribution < 1.29 is 14.6 Å². The van der Waals surface area contributed by atoms with Crippen molar-refractivity contribution >= 4 is 40.2 Å². The van der Waals surface area contributed by atoms with Gasteiger partial charge in [-0.2, -0.15) is 0 Å². The van der Waals surface area contributed by atoms with E-state index in [1.54, 1.807) is 31.2 Å². The van der Waals surface area contributed by atoms with Gasteiger partial charge in [0.15, 0.2) is 0 Å². The van der Waals surface area contributed by atoms with Gasteiger partial charge in [-0.15, -0.1) is 0 Å². The van der Waals surface area contributed by atoms with Gasteiger partial charge >= 0.3 is 5.97 Å². The first kappa shape index (κ1) is 14.5. The highest BCUT2D eigenvalue weighted by Crippen LogP contribution is 2.25. The number of aliphatic hydroxyl groups is 1. The summed E-state index contributed by atoms with van der Waals surface area (Å²) in [4.78, 5) is 11.6. The number of hydrogen-bond acceptors (Lipinski definition) is 3. The average molecular weight is 367 g/mol. The first-order chi connectivity index (χ1) is 8.10. The molecule has 5 heteroatoms. The second kappa shape index (κ2) is 6.98. The van der Waals surface area contributed by atoms with E-state index < -0.39 is 12.1 Å². The lowest BCUT2D eigenvalue weighted by Gasteiger charge is -2.13. The molecule has 1 N–H and O–H groups in total. The zero-order valence-corrected chi connectivity index (χ0v) is 12.1. The van der Waals surface area contributed by atoms with Crippen LogP contribution < -0.4 is 0 Å². The Labute approximate surface area is 119 Å². The largest absolute Gasteiger partial charge is 0.463 e. The Morgan fingerprint density at radius 2 is 2.12 bits per heavy atom. The third-order valence-electron chi connectivity index (χ3n) is 2.11. The van der Waals surface area contributed by atoms with Gasteiger partial charge in [-0.05, 0) is 28.7 Å². The van der Waals surface area contributed by atoms with Crippen molar-refractivity contribution in [3.05, 3.63) is 44.5 Å². The van der Waals surface area contributed by atoms with Crippen molar-refractivity contribution in [2.45, 2.75) is 13.0 Å². The predicted octanol–water partition coefficient (Wildman–Crippen LogP) is 3.26. The molecule has 0 saturated heterocycles. The lowest BCUT2D eigenvalue weighted by atomic mass is 10.0. The van der Waals surface area contributed by atoms with Crippen LogP contribution in [0.3, 0.4) is 0 Å². The van der Waals surface area contributed by atoms with Crippen molar-refractivity contribution in [3.8, 4) is 0 Å². The highest BCUT2D eigenvalue weighted by Gasteiger charge is 2.20. The van der Waals surface area contributed by atoms with Gasteiger partial charge in [-0.25, -0.2) is 4.79 Å². The molecule has 0 heterocycles. The topological polar surface area (TPSA) is 46.5 Å². The maximum atomic E-state index is 11.6. The van der Waals surface area contributed by atoms with Gasteiger partial charge < -0.3 is 9.84 Å². The molecular formula is C12H12ClIO3. The minimum absolute atomic E-state index is 0.217. The fraction of sp³-hybridized carbons (Fsp3) is 0.250. The summed E-state index contributed by atoms with van der Waals surface area (Å²) in [7, 11) is 0. The molecule has 3 nitrogen and oxygen atoms in total. The Balaban J connectivity index is 2.90. The Bertz CT molecular complexity index is 414. The maximum Gasteiger partial charge on any atom is 0.337 e. The molecule has 1 atom stereocenters. The molecule has 1 aromatic carbocycles. The molecule has 0 spiro atoms. The number of halogens is 2. The van der Waals surface area contributed by atoms with E-state index in [-0.39, 0.29) is 12.2 Å². The van der Waals surface area contributed by atoms with Crippen molar-refractivity contribution in [1.29, 1.82) is 0 Å². The zero-order valence-electron chi connectivity index (χ0n) is 9.19. The van der Waals surface area contributed by atoms with Crippen molar-refractivity contribution in [2.75, 3.05) is 6.61 Å². The van der Waals surface area contributed by atoms with E-state index in [4.69, 9.17) is 16.3 Å². The van der Waals surface area contributed by atoms with Gasteiger partial charge in [0.2, 0.25) is 0 Å². The van der Waals surface area contributed by atoms with Crippen LogP contribution in [0.4, 0.5) is 0 Å². The number of ether oxygens (including phenoxy) is 1. The Hall–Kier alpha value is -0.590. The van der Waals surface area contributed by atoms with E-state index in [0.29, 0.717) is 10.6 Å². The van der Waals surface area contributed by atoms with E-state index in [1.807, 2.05) is 22.6 Å². The number of rotatable bonds is 4. The number of esters is 1. The Kier molecular flexibility index (Phi) is 5.94. The second-order valence-corrected chi connectivity index (χ2v) is 4.30. The monoisotopic (exact) mass is 366 g/mol. The molecule has 0 aliphatic carbocycles. The number of carbonyl (C=O) groups excluding carboxylic acids is 1. The summed E-state index contributed by atoms with van der Waals surface area (Å²) in [6.07, 6.45) is -0.997. The minimum atomic E-state index is -0.997. The smallest absolute Gasteiger partial charge is 0.337 e. The van der Waals surface area contributed by atoms with Crippen LogP contribution in [-0.2, 0) is 9.53 Å². The molecule has 0 bridgehead atoms. The highest BCUT2D eigenvalue weighted by molar-refractivity contribution is 14.1. The molecule has 1 aromatic rings. The summed E-state index contributed by atoms with van der Waals surface area (Å²) in [6, 6.07) is 6.67. The number of aliphatic hydroxyl groups excluding tert-OH is 1. The predicted molar refractivity (Wildman–Crippen MR) is 75.1 cm³/mol. The summed E-state index contributed by atoms with van der Waals surface area (Å²) < 4.78 is 6.39. The van der Waals surface area contributed by atoms with Gasteiger partial charge in [-0.3, -0.25) is 0 Å². The van der Waals surface area contributed by atoms with Crippen LogP contribution in [0, 0.1) is 0 Å². The first-order valence-corrected chi connectivity index (χ1v) is 6.63. The van der Waals surface area contributed by atoms with E-state index in [1.165, 1.54) is 4.08 Å². The molecule has 0 aliphatic heterocycles. The fourth-order valence-corrected chi connectivity index (χ4v) is 1.98. The molecule has 17 heavy (non-hydrogen) atoms. The molecular weight excluding hydrogens is 354 g/mol. The van der Waals surface area contributed by atoms with Gasteiger partial charge in [0.25, 0.3) is 0 Å². The summed E-state index contributed by atoms with van der Waals surface area (Å²) in [5.41, 5.74) is 0.820. The van der Waals surface area contributed by atoms with E-state index >= 15 is 0 Å². The zero-order chi connectivity index (χ0) is 12.8. The van der Waals surface area contributed by atoms with Crippen LogP contribution >= 0.6 is 34.2 Å². The van der Waals surface area contributed by atoms with Gasteiger partial charge in [0.1, 0.15) is 6.10 Å². The SMILES string of the molecule is CCOC(=O)/C(=C/I)C(O)c1ccc(Cl)cc1. The number of carbonyl (C=O) groups is 1. The highest BCUT2D eigenvalue weighted by atomic mass is 127. The minimum Gasteiger partial charge on any atom is -0.463 e. The molecule has 1 unspecified atom stereocenters. The first-order valence-electron chi connectivity index (χ1n) is 5.01. The van der Waals surface area contributed by atoms with Crippen molar-refractivity contribution in [2.24, 2.45) is 0 Å². The standard InChI is InChI=1S/C12H12ClIO3/c1-2-17-12(16)10(7-14)11(15)8-3-5-9(13)6-4-8/h3-7,11,15H,2H2,1H3/b10-7+. The lowest BCUT2D eigenvalue weighted by molar-refractivity contribution is -0.139. The molecule has 1 rings (SSSR count). The summed E-state index contributed by atoms with van der Waals surface area (Å²) in [5, 5.41) is 10.6. The fourth-order valence-electron chi connectivity index (χ4n) is 1.25. The van der Waals surface area contributed by atoms with Crippen molar-refractivity contribution in [3.63, 3.8) is 0 Å². The quantitative estimate of drug-likeness (QED) is 0.505. The van der Waals surface area contributed by atoms with Crippen LogP contribution in [0.1, 0.15) is 18.6 Å². The molecule has 0 amide bonds. The summed E-state index contributed by atoms with van der Waals surface area (Å²) in [5.74, 6) is -0.510. The van der Waals surface area contributed by atoms with Crippen LogP contribution in [0.15, 0.2) is 33.9 Å². The maximum absolute atomic E-state index is 11.6. The molecule has 0 saturated carbocycles. The molecule has 92 valence electrons. The van der Waals surface area contributed by atoms with Crippen molar-refractivity contribution in [1.82, 2.24) is 0 Å². The van der Waals surface area contributed by atoms with Gasteiger partial charge in [0.05, 0.1) is 12.2 Å². The Morgan fingerprint density at radius 3 is 2.59 bits per heavy atom. The molecule has 0 fully saturated rings. The van der Waals surface area contributed by atoms with E-state index in [2.05, 4.69) is 0 Å². The van der Waals surface area contributed by atoms with E-state index in [0.717, 1.165) is 0 Å². The number of hydrogen-bond donors (Lipinski definition) is 1. The van der Waals surface area contributed by atoms with Crippen LogP contribution in [0.25, 0.3) is 0 Å². The third kappa shape index (κ3) is 3.97. The molecule has 0 radical (unpaired) electrons. The van der Waals surface area contributed by atoms with Gasteiger partial charge in [-0.1, -0.05) is 46.3 Å². The Morgan fingerprint density at radius 1 is 1.53 bits per heavy atom. The van der Waals surface area contributed by atoms with Crippen LogP contribution in [-0.4, -0.2) is 17.7 Å². The number of benzene rings is 1. The summed E-state index contributed by atoms with van der Waals surface area (Å²) >= 11 is 7.66. The van der Waals surface area contributed by atoms with Crippen LogP contribution in [0.5, 0.6) is 0 Å². The second-order valence-electron chi connectivity index (χ2n) is 3.24.